The number of carbonyl (C=O) groups excluding carboxylic acids is 2. The summed E-state index contributed by atoms with van der Waals surface area (Å²) >= 11 is 0. The molecule has 0 fully saturated rings. The van der Waals surface area contributed by atoms with E-state index in [1.807, 2.05) is 0 Å². The van der Waals surface area contributed by atoms with Crippen LogP contribution >= 0.6 is 0 Å². The van der Waals surface area contributed by atoms with Gasteiger partial charge in [-0.05, 0) is 57.8 Å². The minimum Gasteiger partial charge on any atom is -0.466 e. The molecule has 0 aromatic heterocycles. The second-order valence-electron chi connectivity index (χ2n) is 28.1. The molecular formula is C82H159NO5. The Hall–Kier alpha value is -1.66. The molecule has 0 aliphatic carbocycles. The standard InChI is InChI=1S/C82H159NO5/c1-3-5-7-9-11-13-15-17-19-21-23-24-25-33-36-39-42-46-50-54-58-62-66-70-74-80(85)79(78-84)83-81(86)75-71-67-63-59-55-51-47-43-40-37-34-31-29-27-26-28-30-32-35-38-41-45-49-53-57-61-65-69-73-77-88-82(87)76-72-68-64-60-56-52-48-44-22-20-18-16-14-12-10-8-6-4-2/h14,16,20,22,79-80,84-85H,3-13,15,17-19,21,23-78H2,1-2H3,(H,83,86)/b16-14-,22-20-. The fraction of sp³-hybridized carbons (Fsp3) is 0.927. The highest BCUT2D eigenvalue weighted by Crippen LogP contribution is 2.20. The zero-order valence-corrected chi connectivity index (χ0v) is 60.0. The maximum Gasteiger partial charge on any atom is 0.305 e. The fourth-order valence-electron chi connectivity index (χ4n) is 13.1. The predicted octanol–water partition coefficient (Wildman–Crippen LogP) is 26.8. The van der Waals surface area contributed by atoms with Gasteiger partial charge in [-0.15, -0.1) is 0 Å². The molecule has 0 bridgehead atoms. The van der Waals surface area contributed by atoms with Crippen LogP contribution in [0, 0.1) is 0 Å². The molecule has 0 heterocycles. The number of unbranched alkanes of at least 4 members (excludes halogenated alkanes) is 62. The third kappa shape index (κ3) is 73.4. The second-order valence-corrected chi connectivity index (χ2v) is 28.1. The zero-order valence-electron chi connectivity index (χ0n) is 60.0. The molecule has 0 aliphatic heterocycles. The molecule has 0 saturated carbocycles. The lowest BCUT2D eigenvalue weighted by atomic mass is 10.0. The molecule has 522 valence electrons. The van der Waals surface area contributed by atoms with E-state index in [9.17, 15) is 19.8 Å². The van der Waals surface area contributed by atoms with E-state index in [0.717, 1.165) is 51.4 Å². The Labute approximate surface area is 551 Å². The lowest BCUT2D eigenvalue weighted by Gasteiger charge is -2.22. The summed E-state index contributed by atoms with van der Waals surface area (Å²) < 4.78 is 5.51. The summed E-state index contributed by atoms with van der Waals surface area (Å²) in [5, 5.41) is 23.5. The summed E-state index contributed by atoms with van der Waals surface area (Å²) in [6, 6.07) is -0.540. The first-order valence-electron chi connectivity index (χ1n) is 40.6. The molecule has 0 aliphatic rings. The minimum atomic E-state index is -0.663. The van der Waals surface area contributed by atoms with E-state index in [1.165, 1.54) is 379 Å². The summed E-state index contributed by atoms with van der Waals surface area (Å²) in [7, 11) is 0. The van der Waals surface area contributed by atoms with Crippen molar-refractivity contribution in [1.82, 2.24) is 5.32 Å². The lowest BCUT2D eigenvalue weighted by Crippen LogP contribution is -2.45. The molecular weight excluding hydrogens is 1080 g/mol. The predicted molar refractivity (Wildman–Crippen MR) is 389 cm³/mol. The number of rotatable bonds is 77. The van der Waals surface area contributed by atoms with Crippen LogP contribution in [0.3, 0.4) is 0 Å². The van der Waals surface area contributed by atoms with E-state index in [0.29, 0.717) is 25.9 Å². The normalized spacial score (nSPS) is 12.5. The quantitative estimate of drug-likeness (QED) is 0.0320. The molecule has 3 N–H and O–H groups in total. The lowest BCUT2D eigenvalue weighted by molar-refractivity contribution is -0.143. The Bertz CT molecular complexity index is 1380. The number of aliphatic hydroxyl groups is 2. The number of hydrogen-bond donors (Lipinski definition) is 3. The van der Waals surface area contributed by atoms with Crippen LogP contribution in [0.2, 0.25) is 0 Å². The van der Waals surface area contributed by atoms with Gasteiger partial charge in [-0.1, -0.05) is 417 Å². The van der Waals surface area contributed by atoms with Crippen LogP contribution in [0.5, 0.6) is 0 Å². The number of aliphatic hydroxyl groups excluding tert-OH is 2. The summed E-state index contributed by atoms with van der Waals surface area (Å²) in [4.78, 5) is 24.7. The Morgan fingerprint density at radius 3 is 0.875 bits per heavy atom. The number of esters is 1. The van der Waals surface area contributed by atoms with Crippen LogP contribution < -0.4 is 5.32 Å². The molecule has 88 heavy (non-hydrogen) atoms. The van der Waals surface area contributed by atoms with Crippen molar-refractivity contribution in [2.45, 2.75) is 475 Å². The first-order chi connectivity index (χ1) is 43.5. The average molecular weight is 1240 g/mol. The number of nitrogens with one attached hydrogen (secondary N) is 1. The molecule has 0 aromatic carbocycles. The van der Waals surface area contributed by atoms with Crippen molar-refractivity contribution in [3.05, 3.63) is 24.3 Å². The summed E-state index contributed by atoms with van der Waals surface area (Å²) in [5.41, 5.74) is 0. The third-order valence-corrected chi connectivity index (χ3v) is 19.3. The SMILES string of the molecule is CCCCCC/C=C\C/C=C\CCCCCCCCCC(=O)OCCCCCCCCCCCCCCCCCCCCCCCCCCCCCCCC(=O)NC(CO)C(O)CCCCCCCCCCCCCCCCCCCCCCCCCC. The van der Waals surface area contributed by atoms with Gasteiger partial charge in [-0.25, -0.2) is 0 Å². The van der Waals surface area contributed by atoms with Crippen LogP contribution in [0.25, 0.3) is 0 Å². The molecule has 6 heteroatoms. The van der Waals surface area contributed by atoms with Gasteiger partial charge in [-0.3, -0.25) is 9.59 Å². The first-order valence-corrected chi connectivity index (χ1v) is 40.6. The largest absolute Gasteiger partial charge is 0.466 e. The fourth-order valence-corrected chi connectivity index (χ4v) is 13.1. The number of amides is 1. The minimum absolute atomic E-state index is 0.0134. The van der Waals surface area contributed by atoms with Crippen molar-refractivity contribution in [3.63, 3.8) is 0 Å². The van der Waals surface area contributed by atoms with Gasteiger partial charge in [0.2, 0.25) is 5.91 Å². The van der Waals surface area contributed by atoms with E-state index in [4.69, 9.17) is 4.74 Å². The van der Waals surface area contributed by atoms with Gasteiger partial charge in [-0.2, -0.15) is 0 Å². The van der Waals surface area contributed by atoms with Gasteiger partial charge >= 0.3 is 5.97 Å². The van der Waals surface area contributed by atoms with Gasteiger partial charge in [0.1, 0.15) is 0 Å². The smallest absolute Gasteiger partial charge is 0.305 e. The van der Waals surface area contributed by atoms with Crippen molar-refractivity contribution in [2.75, 3.05) is 13.2 Å². The molecule has 0 spiro atoms. The highest BCUT2D eigenvalue weighted by atomic mass is 16.5. The number of allylic oxidation sites excluding steroid dienone is 4. The van der Waals surface area contributed by atoms with Crippen molar-refractivity contribution >= 4 is 11.9 Å². The highest BCUT2D eigenvalue weighted by molar-refractivity contribution is 5.76. The second kappa shape index (κ2) is 77.8. The molecule has 2 atom stereocenters. The van der Waals surface area contributed by atoms with Crippen LogP contribution in [-0.4, -0.2) is 47.4 Å². The number of carbonyl (C=O) groups is 2. The van der Waals surface area contributed by atoms with Gasteiger partial charge in [0, 0.05) is 12.8 Å². The Balaban J connectivity index is 3.34. The van der Waals surface area contributed by atoms with Crippen LogP contribution in [0.15, 0.2) is 24.3 Å². The van der Waals surface area contributed by atoms with E-state index >= 15 is 0 Å². The topological polar surface area (TPSA) is 95.9 Å². The van der Waals surface area contributed by atoms with Crippen molar-refractivity contribution in [1.29, 1.82) is 0 Å². The van der Waals surface area contributed by atoms with E-state index in [2.05, 4.69) is 43.5 Å². The molecule has 0 rings (SSSR count). The summed E-state index contributed by atoms with van der Waals surface area (Å²) in [5.74, 6) is -0.0122. The van der Waals surface area contributed by atoms with Gasteiger partial charge < -0.3 is 20.3 Å². The van der Waals surface area contributed by atoms with Crippen molar-refractivity contribution in [3.8, 4) is 0 Å². The van der Waals surface area contributed by atoms with Gasteiger partial charge in [0.05, 0.1) is 25.4 Å². The molecule has 1 amide bonds. The monoisotopic (exact) mass is 1240 g/mol. The summed E-state index contributed by atoms with van der Waals surface area (Å²) in [6.45, 7) is 4.99. The molecule has 0 radical (unpaired) electrons. The molecule has 2 unspecified atom stereocenters. The van der Waals surface area contributed by atoms with E-state index in [-0.39, 0.29) is 18.5 Å². The number of hydrogen-bond acceptors (Lipinski definition) is 5. The van der Waals surface area contributed by atoms with Gasteiger partial charge in [0.15, 0.2) is 0 Å². The van der Waals surface area contributed by atoms with Crippen molar-refractivity contribution < 1.29 is 24.5 Å². The molecule has 0 saturated heterocycles. The Morgan fingerprint density at radius 2 is 0.568 bits per heavy atom. The van der Waals surface area contributed by atoms with Crippen LogP contribution in [0.4, 0.5) is 0 Å². The van der Waals surface area contributed by atoms with E-state index in [1.54, 1.807) is 0 Å². The van der Waals surface area contributed by atoms with Crippen LogP contribution in [0.1, 0.15) is 463 Å². The Kier molecular flexibility index (Phi) is 76.3. The zero-order chi connectivity index (χ0) is 63.5. The average Bonchev–Trinajstić information content (AvgIpc) is 3.58. The van der Waals surface area contributed by atoms with Crippen molar-refractivity contribution in [2.24, 2.45) is 0 Å². The van der Waals surface area contributed by atoms with E-state index < -0.39 is 12.1 Å². The maximum atomic E-state index is 12.6. The Morgan fingerprint density at radius 1 is 0.318 bits per heavy atom. The highest BCUT2D eigenvalue weighted by Gasteiger charge is 2.20. The maximum absolute atomic E-state index is 12.6. The van der Waals surface area contributed by atoms with Gasteiger partial charge in [0.25, 0.3) is 0 Å². The third-order valence-electron chi connectivity index (χ3n) is 19.3. The molecule has 6 nitrogen and oxygen atoms in total. The number of ether oxygens (including phenoxy) is 1. The summed E-state index contributed by atoms with van der Waals surface area (Å²) in [6.07, 6.45) is 99.9. The van der Waals surface area contributed by atoms with Crippen LogP contribution in [-0.2, 0) is 14.3 Å². The molecule has 0 aromatic rings. The first kappa shape index (κ1) is 86.3.